The van der Waals surface area contributed by atoms with Gasteiger partial charge in [0.15, 0.2) is 0 Å². The van der Waals surface area contributed by atoms with E-state index in [1.54, 1.807) is 9.75 Å². The van der Waals surface area contributed by atoms with Crippen molar-refractivity contribution in [2.24, 2.45) is 17.8 Å². The number of thiophene rings is 6. The summed E-state index contributed by atoms with van der Waals surface area (Å²) < 4.78 is 37.1. The number of rotatable bonds is 32. The molecule has 0 amide bonds. The zero-order chi connectivity index (χ0) is 59.7. The van der Waals surface area contributed by atoms with Gasteiger partial charge in [0.2, 0.25) is 0 Å². The average molecular weight is 1310 g/mol. The molecule has 0 aliphatic carbocycles. The summed E-state index contributed by atoms with van der Waals surface area (Å²) >= 11 is 14.7. The molecule has 0 saturated carbocycles. The lowest BCUT2D eigenvalue weighted by molar-refractivity contribution is 0.401. The van der Waals surface area contributed by atoms with Gasteiger partial charge >= 0.3 is 0 Å². The second-order valence-corrected chi connectivity index (χ2v) is 32.6. The lowest BCUT2D eigenvalue weighted by atomic mass is 9.95. The van der Waals surface area contributed by atoms with Gasteiger partial charge in [-0.3, -0.25) is 0 Å². The van der Waals surface area contributed by atoms with E-state index in [0.29, 0.717) is 5.92 Å². The van der Waals surface area contributed by atoms with E-state index in [-0.39, 0.29) is 0 Å². The van der Waals surface area contributed by atoms with Crippen LogP contribution >= 0.6 is 91.5 Å². The third-order valence-electron chi connectivity index (χ3n) is 19.2. The predicted octanol–water partition coefficient (Wildman–Crippen LogP) is 26.0. The summed E-state index contributed by atoms with van der Waals surface area (Å²) in [6, 6.07) is 24.5. The number of benzene rings is 2. The molecule has 0 aliphatic heterocycles. The summed E-state index contributed by atoms with van der Waals surface area (Å²) in [5, 5.41) is 0. The number of aromatic nitrogens is 7. The molecule has 0 aliphatic rings. The van der Waals surface area contributed by atoms with Gasteiger partial charge in [0.25, 0.3) is 0 Å². The Kier molecular flexibility index (Phi) is 19.6. The summed E-state index contributed by atoms with van der Waals surface area (Å²) in [7, 11) is 0. The Morgan fingerprint density at radius 2 is 0.644 bits per heavy atom. The minimum Gasteiger partial charge on any atom is -0.339 e. The Bertz CT molecular complexity index is 4180. The van der Waals surface area contributed by atoms with Gasteiger partial charge in [0.05, 0.1) is 84.8 Å². The lowest BCUT2D eigenvalue weighted by Crippen LogP contribution is -2.09. The predicted molar refractivity (Wildman–Crippen MR) is 392 cm³/mol. The van der Waals surface area contributed by atoms with Crippen LogP contribution < -0.4 is 0 Å². The first kappa shape index (κ1) is 61.5. The molecule has 87 heavy (non-hydrogen) atoms. The zero-order valence-electron chi connectivity index (χ0n) is 52.6. The van der Waals surface area contributed by atoms with E-state index in [4.69, 9.17) is 17.5 Å². The second kappa shape index (κ2) is 27.6. The van der Waals surface area contributed by atoms with E-state index < -0.39 is 0 Å². The third kappa shape index (κ3) is 12.0. The first-order valence-corrected chi connectivity index (χ1v) is 39.8. The maximum absolute atomic E-state index is 5.13. The summed E-state index contributed by atoms with van der Waals surface area (Å²) in [5.41, 5.74) is 17.2. The Balaban J connectivity index is 0.856. The molecule has 0 bridgehead atoms. The number of nitrogens with zero attached hydrogens (tertiary/aromatic N) is 7. The SMILES string of the molecule is CCCCCCn1c2cc(CC(CC)CCCC)sc2c2sc(-c3ccc(-c4cc5c(s4)c4sc(-c6ccc(-c7cc8c(s7)c7sc(CC(CC)CCCC)cc7n8CCCCCC)c7nsnc67)cc4n5CC(CC)CCCC)c4nsnc34)cc21. The van der Waals surface area contributed by atoms with Crippen molar-refractivity contribution in [3.05, 3.63) is 70.4 Å². The van der Waals surface area contributed by atoms with Gasteiger partial charge in [-0.2, -0.15) is 17.5 Å². The molecule has 0 spiro atoms. The van der Waals surface area contributed by atoms with E-state index >= 15 is 0 Å². The summed E-state index contributed by atoms with van der Waals surface area (Å²) in [6.45, 7) is 21.9. The van der Waals surface area contributed by atoms with Gasteiger partial charge in [0, 0.05) is 71.2 Å². The Labute approximate surface area is 547 Å². The monoisotopic (exact) mass is 1310 g/mol. The van der Waals surface area contributed by atoms with Crippen LogP contribution in [0, 0.1) is 17.8 Å². The highest BCUT2D eigenvalue weighted by molar-refractivity contribution is 7.31. The van der Waals surface area contributed by atoms with E-state index in [2.05, 4.69) is 152 Å². The quantitative estimate of drug-likeness (QED) is 0.0394. The van der Waals surface area contributed by atoms with Crippen LogP contribution in [0.1, 0.15) is 194 Å². The highest BCUT2D eigenvalue weighted by Gasteiger charge is 2.27. The minimum absolute atomic E-state index is 0.601. The van der Waals surface area contributed by atoms with E-state index in [9.17, 15) is 0 Å². The number of aryl methyl sites for hydroxylation is 2. The van der Waals surface area contributed by atoms with Crippen molar-refractivity contribution in [2.75, 3.05) is 0 Å². The van der Waals surface area contributed by atoms with Crippen LogP contribution in [0.3, 0.4) is 0 Å². The molecular weight excluding hydrogens is 1220 g/mol. The van der Waals surface area contributed by atoms with Gasteiger partial charge in [0.1, 0.15) is 22.1 Å². The van der Waals surface area contributed by atoms with Crippen LogP contribution in [-0.4, -0.2) is 31.2 Å². The maximum Gasteiger partial charge on any atom is 0.114 e. The average Bonchev–Trinajstić information content (AvgIpc) is 1.63. The van der Waals surface area contributed by atoms with Crippen LogP contribution in [0.25, 0.3) is 125 Å². The zero-order valence-corrected chi connectivity index (χ0v) is 59.1. The van der Waals surface area contributed by atoms with Crippen LogP contribution in [0.2, 0.25) is 0 Å². The van der Waals surface area contributed by atoms with E-state index in [0.717, 1.165) is 53.5 Å². The van der Waals surface area contributed by atoms with Gasteiger partial charge < -0.3 is 13.7 Å². The first-order valence-electron chi connectivity index (χ1n) is 33.4. The summed E-state index contributed by atoms with van der Waals surface area (Å²) in [4.78, 5) is 8.24. The fraction of sp³-hybridized carbons (Fsp3) is 0.500. The molecule has 11 heterocycles. The normalized spacial score (nSPS) is 13.6. The fourth-order valence-corrected chi connectivity index (χ4v) is 22.8. The third-order valence-corrected chi connectivity index (χ3v) is 27.6. The molecule has 11 aromatic heterocycles. The molecule has 3 atom stereocenters. The maximum atomic E-state index is 5.13. The van der Waals surface area contributed by atoms with Gasteiger partial charge in [-0.05, 0) is 86.3 Å². The van der Waals surface area contributed by atoms with Crippen LogP contribution in [-0.2, 0) is 32.5 Å². The number of fused-ring (bicyclic) bond motifs is 11. The molecule has 0 radical (unpaired) electrons. The van der Waals surface area contributed by atoms with Crippen molar-refractivity contribution in [1.29, 1.82) is 0 Å². The lowest BCUT2D eigenvalue weighted by Gasteiger charge is -2.16. The Hall–Kier alpha value is -4.32. The summed E-state index contributed by atoms with van der Waals surface area (Å²) in [6.07, 6.45) is 27.7. The largest absolute Gasteiger partial charge is 0.339 e. The molecule has 2 aromatic carbocycles. The highest BCUT2D eigenvalue weighted by Crippen LogP contribution is 2.52. The van der Waals surface area contributed by atoms with Gasteiger partial charge in [-0.25, -0.2) is 0 Å². The van der Waals surface area contributed by atoms with E-state index in [1.165, 1.54) is 268 Å². The molecule has 15 heteroatoms. The van der Waals surface area contributed by atoms with Crippen LogP contribution in [0.4, 0.5) is 0 Å². The van der Waals surface area contributed by atoms with Gasteiger partial charge in [-0.1, -0.05) is 189 Å². The molecule has 0 fully saturated rings. The molecular formula is C72H87N7S8. The molecule has 3 unspecified atom stereocenters. The Morgan fingerprint density at radius 1 is 0.333 bits per heavy atom. The minimum atomic E-state index is 0.601. The molecule has 0 saturated heterocycles. The number of unbranched alkanes of at least 4 members (excludes halogenated alkanes) is 9. The molecule has 13 aromatic rings. The standard InChI is InChI=1S/C72H87N7S8/c1-9-17-22-24-33-77-53-37-47(35-44(14-6)26-19-11-3)80-67(53)69-55(77)39-59(82-69)49-29-31-51(65-63(49)73-86-75-65)61-41-57-71(84-61)72-58(79(57)43-46(16-8)28-21-13-5)42-62(85-72)52-32-30-50(64-66(52)76-87-74-64)60-40-56-70(83-60)68-54(78(56)34-25-23-18-10-2)38-48(81-68)36-45(15-7)27-20-12-4/h29-32,37-42,44-46H,9-28,33-36,43H2,1-8H3. The van der Waals surface area contributed by atoms with Crippen molar-refractivity contribution in [3.63, 3.8) is 0 Å². The van der Waals surface area contributed by atoms with Crippen molar-refractivity contribution in [1.82, 2.24) is 31.2 Å². The van der Waals surface area contributed by atoms with E-state index in [1.807, 2.05) is 45.3 Å². The molecule has 13 rings (SSSR count). The molecule has 0 N–H and O–H groups in total. The van der Waals surface area contributed by atoms with Crippen molar-refractivity contribution < 1.29 is 0 Å². The van der Waals surface area contributed by atoms with Gasteiger partial charge in [-0.15, -0.1) is 68.0 Å². The number of hydrogen-bond acceptors (Lipinski definition) is 12. The van der Waals surface area contributed by atoms with Crippen LogP contribution in [0.15, 0.2) is 60.7 Å². The smallest absolute Gasteiger partial charge is 0.114 e. The Morgan fingerprint density at radius 3 is 0.977 bits per heavy atom. The van der Waals surface area contributed by atoms with Crippen LogP contribution in [0.5, 0.6) is 0 Å². The first-order chi connectivity index (χ1) is 42.8. The fourth-order valence-electron chi connectivity index (χ4n) is 13.9. The van der Waals surface area contributed by atoms with Crippen molar-refractivity contribution in [2.45, 2.75) is 216 Å². The summed E-state index contributed by atoms with van der Waals surface area (Å²) in [5.74, 6) is 2.12. The highest BCUT2D eigenvalue weighted by atomic mass is 32.1. The number of hydrogen-bond donors (Lipinski definition) is 0. The van der Waals surface area contributed by atoms with Crippen molar-refractivity contribution in [3.8, 4) is 41.8 Å². The molecule has 7 nitrogen and oxygen atoms in total. The second-order valence-electron chi connectivity index (χ2n) is 25.1. The molecule has 458 valence electrons. The topological polar surface area (TPSA) is 66.3 Å². The van der Waals surface area contributed by atoms with Crippen molar-refractivity contribution >= 4 is 175 Å².